The zero-order chi connectivity index (χ0) is 14.7. The Bertz CT molecular complexity index is 613. The minimum absolute atomic E-state index is 0.621. The normalized spacial score (nSPS) is 12.2. The summed E-state index contributed by atoms with van der Waals surface area (Å²) in [5.41, 5.74) is 2.96. The van der Waals surface area contributed by atoms with Crippen LogP contribution in [0.5, 0.6) is 5.75 Å². The van der Waals surface area contributed by atoms with Crippen molar-refractivity contribution in [3.63, 3.8) is 0 Å². The van der Waals surface area contributed by atoms with Crippen molar-refractivity contribution in [3.05, 3.63) is 61.1 Å². The fraction of sp³-hybridized carbons (Fsp3) is 0.250. The van der Waals surface area contributed by atoms with E-state index in [1.54, 1.807) is 0 Å². The van der Waals surface area contributed by atoms with Crippen LogP contribution in [0.25, 0.3) is 0 Å². The molecule has 1 N–H and O–H groups in total. The van der Waals surface area contributed by atoms with E-state index in [4.69, 9.17) is 4.74 Å². The number of aliphatic hydroxyl groups is 1. The lowest BCUT2D eigenvalue weighted by atomic mass is 10.00. The van der Waals surface area contributed by atoms with Crippen molar-refractivity contribution in [3.8, 4) is 5.75 Å². The Hall–Kier alpha value is -0.590. The van der Waals surface area contributed by atoms with E-state index in [0.717, 1.165) is 24.9 Å². The lowest BCUT2D eigenvalue weighted by molar-refractivity contribution is 0.219. The van der Waals surface area contributed by atoms with Gasteiger partial charge in [0.1, 0.15) is 11.9 Å². The molecule has 20 heavy (non-hydrogen) atoms. The van der Waals surface area contributed by atoms with Gasteiger partial charge in [-0.05, 0) is 81.2 Å². The number of ether oxygens (including phenoxy) is 1. The van der Waals surface area contributed by atoms with Crippen molar-refractivity contribution in [2.75, 3.05) is 6.61 Å². The molecule has 1 atom stereocenters. The molecule has 0 saturated carbocycles. The van der Waals surface area contributed by atoms with Gasteiger partial charge < -0.3 is 9.84 Å². The first-order valence-corrected chi connectivity index (χ1v) is 8.27. The van der Waals surface area contributed by atoms with Gasteiger partial charge in [0.05, 0.1) is 11.1 Å². The molecule has 106 valence electrons. The third-order valence-electron chi connectivity index (χ3n) is 3.09. The number of aryl methyl sites for hydroxylation is 1. The zero-order valence-electron chi connectivity index (χ0n) is 11.4. The summed E-state index contributed by atoms with van der Waals surface area (Å²) in [6, 6.07) is 11.7. The quantitative estimate of drug-likeness (QED) is 0.680. The highest BCUT2D eigenvalue weighted by Crippen LogP contribution is 2.33. The van der Waals surface area contributed by atoms with Crippen LogP contribution in [-0.2, 0) is 0 Å². The van der Waals surface area contributed by atoms with Gasteiger partial charge in [-0.3, -0.25) is 0 Å². The number of aliphatic hydroxyl groups excluding tert-OH is 1. The molecular formula is C16H16BrIO2. The molecule has 0 fully saturated rings. The van der Waals surface area contributed by atoms with E-state index in [2.05, 4.69) is 38.5 Å². The van der Waals surface area contributed by atoms with Gasteiger partial charge >= 0.3 is 0 Å². The second-order valence-electron chi connectivity index (χ2n) is 4.50. The second kappa shape index (κ2) is 6.91. The van der Waals surface area contributed by atoms with E-state index >= 15 is 0 Å². The van der Waals surface area contributed by atoms with Crippen LogP contribution >= 0.6 is 38.5 Å². The van der Waals surface area contributed by atoms with Gasteiger partial charge in [-0.25, -0.2) is 0 Å². The number of hydrogen-bond acceptors (Lipinski definition) is 2. The maximum atomic E-state index is 10.6. The van der Waals surface area contributed by atoms with Gasteiger partial charge in [-0.15, -0.1) is 0 Å². The monoisotopic (exact) mass is 446 g/mol. The highest BCUT2D eigenvalue weighted by atomic mass is 127. The summed E-state index contributed by atoms with van der Waals surface area (Å²) < 4.78 is 7.45. The number of rotatable bonds is 4. The van der Waals surface area contributed by atoms with Crippen molar-refractivity contribution in [2.45, 2.75) is 20.0 Å². The summed E-state index contributed by atoms with van der Waals surface area (Å²) in [4.78, 5) is 0. The standard InChI is InChI=1S/C16H16BrIO2/c1-3-20-14-8-7-11(9-13(14)17)16(19)12-6-4-5-10(2)15(12)18/h4-9,16,19H,3H2,1-2H3. The molecule has 4 heteroatoms. The first-order chi connectivity index (χ1) is 9.54. The predicted octanol–water partition coefficient (Wildman–Crippen LogP) is 4.84. The fourth-order valence-corrected chi connectivity index (χ4v) is 3.19. The van der Waals surface area contributed by atoms with Gasteiger partial charge in [0.15, 0.2) is 0 Å². The molecular weight excluding hydrogens is 431 g/mol. The molecule has 0 aromatic heterocycles. The van der Waals surface area contributed by atoms with Crippen LogP contribution in [0.3, 0.4) is 0 Å². The molecule has 0 saturated heterocycles. The molecule has 2 aromatic rings. The first kappa shape index (κ1) is 15.8. The molecule has 0 radical (unpaired) electrons. The minimum Gasteiger partial charge on any atom is -0.493 e. The van der Waals surface area contributed by atoms with E-state index in [-0.39, 0.29) is 0 Å². The predicted molar refractivity (Wildman–Crippen MR) is 93.3 cm³/mol. The maximum Gasteiger partial charge on any atom is 0.133 e. The van der Waals surface area contributed by atoms with Crippen LogP contribution in [0.4, 0.5) is 0 Å². The molecule has 0 spiro atoms. The topological polar surface area (TPSA) is 29.5 Å². The third kappa shape index (κ3) is 3.35. The van der Waals surface area contributed by atoms with Crippen molar-refractivity contribution < 1.29 is 9.84 Å². The Labute approximate surface area is 141 Å². The largest absolute Gasteiger partial charge is 0.493 e. The molecule has 0 amide bonds. The number of halogens is 2. The second-order valence-corrected chi connectivity index (χ2v) is 6.44. The molecule has 2 aromatic carbocycles. The molecule has 0 aliphatic rings. The molecule has 2 nitrogen and oxygen atoms in total. The molecule has 0 heterocycles. The summed E-state index contributed by atoms with van der Waals surface area (Å²) >= 11 is 5.76. The lowest BCUT2D eigenvalue weighted by Gasteiger charge is -2.16. The van der Waals surface area contributed by atoms with Crippen molar-refractivity contribution in [1.82, 2.24) is 0 Å². The summed E-state index contributed by atoms with van der Waals surface area (Å²) in [6.45, 7) is 4.62. The van der Waals surface area contributed by atoms with Crippen LogP contribution in [-0.4, -0.2) is 11.7 Å². The Morgan fingerprint density at radius 1 is 1.30 bits per heavy atom. The van der Waals surface area contributed by atoms with Crippen LogP contribution in [0.15, 0.2) is 40.9 Å². The molecule has 0 bridgehead atoms. The number of benzene rings is 2. The molecule has 0 aliphatic carbocycles. The van der Waals surface area contributed by atoms with E-state index in [1.165, 1.54) is 5.56 Å². The summed E-state index contributed by atoms with van der Waals surface area (Å²) in [5, 5.41) is 10.6. The minimum atomic E-state index is -0.631. The van der Waals surface area contributed by atoms with Crippen LogP contribution in [0, 0.1) is 10.5 Å². The van der Waals surface area contributed by atoms with Crippen molar-refractivity contribution >= 4 is 38.5 Å². The SMILES string of the molecule is CCOc1ccc(C(O)c2cccc(C)c2I)cc1Br. The Balaban J connectivity index is 2.36. The van der Waals surface area contributed by atoms with E-state index in [1.807, 2.05) is 50.2 Å². The summed E-state index contributed by atoms with van der Waals surface area (Å²) in [7, 11) is 0. The average molecular weight is 447 g/mol. The van der Waals surface area contributed by atoms with Gasteiger partial charge in [-0.1, -0.05) is 24.3 Å². The first-order valence-electron chi connectivity index (χ1n) is 6.40. The van der Waals surface area contributed by atoms with E-state index in [9.17, 15) is 5.11 Å². The van der Waals surface area contributed by atoms with Gasteiger partial charge in [0.2, 0.25) is 0 Å². The van der Waals surface area contributed by atoms with Crippen LogP contribution < -0.4 is 4.74 Å². The molecule has 1 unspecified atom stereocenters. The highest BCUT2D eigenvalue weighted by molar-refractivity contribution is 14.1. The van der Waals surface area contributed by atoms with Gasteiger partial charge in [0.25, 0.3) is 0 Å². The van der Waals surface area contributed by atoms with E-state index in [0.29, 0.717) is 6.61 Å². The van der Waals surface area contributed by atoms with Gasteiger partial charge in [-0.2, -0.15) is 0 Å². The Morgan fingerprint density at radius 3 is 2.70 bits per heavy atom. The Morgan fingerprint density at radius 2 is 2.05 bits per heavy atom. The third-order valence-corrected chi connectivity index (χ3v) is 5.18. The zero-order valence-corrected chi connectivity index (χ0v) is 15.1. The van der Waals surface area contributed by atoms with Crippen LogP contribution in [0.1, 0.15) is 29.7 Å². The van der Waals surface area contributed by atoms with Crippen LogP contribution in [0.2, 0.25) is 0 Å². The maximum absolute atomic E-state index is 10.6. The summed E-state index contributed by atoms with van der Waals surface area (Å²) in [5.74, 6) is 0.794. The summed E-state index contributed by atoms with van der Waals surface area (Å²) in [6.07, 6.45) is -0.631. The molecule has 2 rings (SSSR count). The van der Waals surface area contributed by atoms with Gasteiger partial charge in [0, 0.05) is 3.57 Å². The highest BCUT2D eigenvalue weighted by Gasteiger charge is 2.16. The average Bonchev–Trinajstić information content (AvgIpc) is 2.43. The Kier molecular flexibility index (Phi) is 5.46. The number of hydrogen-bond donors (Lipinski definition) is 1. The molecule has 0 aliphatic heterocycles. The van der Waals surface area contributed by atoms with E-state index < -0.39 is 6.10 Å². The van der Waals surface area contributed by atoms with Crippen molar-refractivity contribution in [2.24, 2.45) is 0 Å². The smallest absolute Gasteiger partial charge is 0.133 e. The fourth-order valence-electron chi connectivity index (χ4n) is 2.02. The van der Waals surface area contributed by atoms with Crippen molar-refractivity contribution in [1.29, 1.82) is 0 Å². The lowest BCUT2D eigenvalue weighted by Crippen LogP contribution is -2.03.